The zero-order chi connectivity index (χ0) is 14.6. The van der Waals surface area contributed by atoms with E-state index in [0.717, 1.165) is 48.9 Å². The molecule has 0 amide bonds. The van der Waals surface area contributed by atoms with Crippen molar-refractivity contribution in [3.8, 4) is 5.75 Å². The number of benzene rings is 1. The van der Waals surface area contributed by atoms with Gasteiger partial charge in [0.1, 0.15) is 5.75 Å². The minimum absolute atomic E-state index is 0.141. The first kappa shape index (κ1) is 15.6. The molecule has 1 fully saturated rings. The van der Waals surface area contributed by atoms with Crippen LogP contribution in [0, 0.1) is 5.41 Å². The van der Waals surface area contributed by atoms with Gasteiger partial charge in [-0.2, -0.15) is 0 Å². The standard InChI is InChI=1S/C16H24ClNO2/c1-12(2)18-10-16(6-7-20-11-16)9-13-8-14(17)4-5-15(13)19-3/h4-5,8,12,18H,6-7,9-11H2,1-3H3. The lowest BCUT2D eigenvalue weighted by Gasteiger charge is -2.29. The van der Waals surface area contributed by atoms with Crippen LogP contribution in [-0.2, 0) is 11.2 Å². The van der Waals surface area contributed by atoms with Crippen LogP contribution in [0.4, 0.5) is 0 Å². The van der Waals surface area contributed by atoms with E-state index in [1.165, 1.54) is 0 Å². The van der Waals surface area contributed by atoms with Crippen molar-refractivity contribution in [2.75, 3.05) is 26.9 Å². The van der Waals surface area contributed by atoms with Gasteiger partial charge in [-0.05, 0) is 36.6 Å². The van der Waals surface area contributed by atoms with Crippen LogP contribution < -0.4 is 10.1 Å². The Labute approximate surface area is 126 Å². The highest BCUT2D eigenvalue weighted by molar-refractivity contribution is 6.30. The maximum absolute atomic E-state index is 6.13. The monoisotopic (exact) mass is 297 g/mol. The average Bonchev–Trinajstić information content (AvgIpc) is 2.86. The van der Waals surface area contributed by atoms with Crippen LogP contribution in [0.3, 0.4) is 0 Å². The van der Waals surface area contributed by atoms with E-state index in [0.29, 0.717) is 6.04 Å². The fraction of sp³-hybridized carbons (Fsp3) is 0.625. The fourth-order valence-corrected chi connectivity index (χ4v) is 2.90. The minimum atomic E-state index is 0.141. The Morgan fingerprint density at radius 1 is 1.45 bits per heavy atom. The zero-order valence-electron chi connectivity index (χ0n) is 12.5. The molecule has 1 aromatic rings. The van der Waals surface area contributed by atoms with Gasteiger partial charge in [0.05, 0.1) is 13.7 Å². The van der Waals surface area contributed by atoms with Crippen molar-refractivity contribution in [1.82, 2.24) is 5.32 Å². The molecule has 0 aromatic heterocycles. The van der Waals surface area contributed by atoms with E-state index in [2.05, 4.69) is 19.2 Å². The second-order valence-corrected chi connectivity index (χ2v) is 6.41. The first-order valence-corrected chi connectivity index (χ1v) is 7.56. The van der Waals surface area contributed by atoms with Crippen molar-refractivity contribution in [3.63, 3.8) is 0 Å². The van der Waals surface area contributed by atoms with Crippen molar-refractivity contribution >= 4 is 11.6 Å². The quantitative estimate of drug-likeness (QED) is 0.874. The average molecular weight is 298 g/mol. The third kappa shape index (κ3) is 3.87. The predicted octanol–water partition coefficient (Wildman–Crippen LogP) is 3.30. The maximum Gasteiger partial charge on any atom is 0.122 e. The van der Waals surface area contributed by atoms with Crippen LogP contribution in [0.1, 0.15) is 25.8 Å². The number of nitrogens with one attached hydrogen (secondary N) is 1. The van der Waals surface area contributed by atoms with E-state index in [1.807, 2.05) is 18.2 Å². The number of rotatable bonds is 6. The van der Waals surface area contributed by atoms with E-state index >= 15 is 0 Å². The highest BCUT2D eigenvalue weighted by atomic mass is 35.5. The summed E-state index contributed by atoms with van der Waals surface area (Å²) < 4.78 is 11.1. The highest BCUT2D eigenvalue weighted by Crippen LogP contribution is 2.36. The molecule has 1 aliphatic rings. The summed E-state index contributed by atoms with van der Waals surface area (Å²) in [5.74, 6) is 0.908. The molecule has 0 radical (unpaired) electrons. The molecular formula is C16H24ClNO2. The molecule has 1 aliphatic heterocycles. The largest absolute Gasteiger partial charge is 0.496 e. The summed E-state index contributed by atoms with van der Waals surface area (Å²) >= 11 is 6.13. The van der Waals surface area contributed by atoms with Gasteiger partial charge in [-0.15, -0.1) is 0 Å². The molecule has 0 saturated carbocycles. The molecule has 4 heteroatoms. The van der Waals surface area contributed by atoms with Crippen LogP contribution in [0.5, 0.6) is 5.75 Å². The lowest BCUT2D eigenvalue weighted by atomic mass is 9.80. The van der Waals surface area contributed by atoms with Crippen LogP contribution in [-0.4, -0.2) is 32.9 Å². The van der Waals surface area contributed by atoms with E-state index in [9.17, 15) is 0 Å². The Morgan fingerprint density at radius 2 is 2.25 bits per heavy atom. The molecule has 2 rings (SSSR count). The zero-order valence-corrected chi connectivity index (χ0v) is 13.3. The number of halogens is 1. The Hall–Kier alpha value is -0.770. The smallest absolute Gasteiger partial charge is 0.122 e. The molecule has 3 nitrogen and oxygen atoms in total. The van der Waals surface area contributed by atoms with Crippen molar-refractivity contribution in [1.29, 1.82) is 0 Å². The van der Waals surface area contributed by atoms with Gasteiger partial charge in [0.2, 0.25) is 0 Å². The molecule has 1 unspecified atom stereocenters. The van der Waals surface area contributed by atoms with Crippen LogP contribution in [0.15, 0.2) is 18.2 Å². The number of methoxy groups -OCH3 is 1. The number of hydrogen-bond donors (Lipinski definition) is 1. The van der Waals surface area contributed by atoms with Crippen molar-refractivity contribution in [3.05, 3.63) is 28.8 Å². The van der Waals surface area contributed by atoms with Crippen molar-refractivity contribution in [2.24, 2.45) is 5.41 Å². The molecule has 1 N–H and O–H groups in total. The van der Waals surface area contributed by atoms with E-state index in [4.69, 9.17) is 21.1 Å². The van der Waals surface area contributed by atoms with Crippen molar-refractivity contribution < 1.29 is 9.47 Å². The van der Waals surface area contributed by atoms with E-state index in [-0.39, 0.29) is 5.41 Å². The van der Waals surface area contributed by atoms with Gasteiger partial charge in [-0.3, -0.25) is 0 Å². The van der Waals surface area contributed by atoms with Crippen molar-refractivity contribution in [2.45, 2.75) is 32.7 Å². The molecule has 1 atom stereocenters. The van der Waals surface area contributed by atoms with Gasteiger partial charge in [0.15, 0.2) is 0 Å². The molecule has 112 valence electrons. The molecule has 0 bridgehead atoms. The highest BCUT2D eigenvalue weighted by Gasteiger charge is 2.35. The van der Waals surface area contributed by atoms with Crippen LogP contribution >= 0.6 is 11.6 Å². The molecule has 1 heterocycles. The Bertz CT molecular complexity index is 442. The molecular weight excluding hydrogens is 274 g/mol. The minimum Gasteiger partial charge on any atom is -0.496 e. The van der Waals surface area contributed by atoms with Crippen LogP contribution in [0.2, 0.25) is 5.02 Å². The summed E-state index contributed by atoms with van der Waals surface area (Å²) in [6.07, 6.45) is 2.00. The number of hydrogen-bond acceptors (Lipinski definition) is 3. The van der Waals surface area contributed by atoms with Gasteiger partial charge in [-0.1, -0.05) is 25.4 Å². The SMILES string of the molecule is COc1ccc(Cl)cc1CC1(CNC(C)C)CCOC1. The Balaban J connectivity index is 2.17. The van der Waals surface area contributed by atoms with E-state index < -0.39 is 0 Å². The summed E-state index contributed by atoms with van der Waals surface area (Å²) in [7, 11) is 1.71. The summed E-state index contributed by atoms with van der Waals surface area (Å²) in [5.41, 5.74) is 1.30. The molecule has 20 heavy (non-hydrogen) atoms. The van der Waals surface area contributed by atoms with Gasteiger partial charge >= 0.3 is 0 Å². The van der Waals surface area contributed by atoms with E-state index in [1.54, 1.807) is 7.11 Å². The third-order valence-corrected chi connectivity index (χ3v) is 4.11. The second kappa shape index (κ2) is 6.79. The first-order valence-electron chi connectivity index (χ1n) is 7.18. The second-order valence-electron chi connectivity index (χ2n) is 5.97. The lowest BCUT2D eigenvalue weighted by molar-refractivity contribution is 0.147. The molecule has 1 saturated heterocycles. The molecule has 1 aromatic carbocycles. The van der Waals surface area contributed by atoms with Gasteiger partial charge < -0.3 is 14.8 Å². The lowest BCUT2D eigenvalue weighted by Crippen LogP contribution is -2.39. The summed E-state index contributed by atoms with van der Waals surface area (Å²) in [5, 5.41) is 4.30. The Morgan fingerprint density at radius 3 is 2.85 bits per heavy atom. The van der Waals surface area contributed by atoms with Gasteiger partial charge in [0, 0.05) is 29.6 Å². The summed E-state index contributed by atoms with van der Waals surface area (Å²) in [6, 6.07) is 6.30. The predicted molar refractivity (Wildman–Crippen MR) is 82.7 cm³/mol. The van der Waals surface area contributed by atoms with Crippen LogP contribution in [0.25, 0.3) is 0 Å². The van der Waals surface area contributed by atoms with Gasteiger partial charge in [0.25, 0.3) is 0 Å². The molecule has 0 spiro atoms. The molecule has 0 aliphatic carbocycles. The topological polar surface area (TPSA) is 30.5 Å². The summed E-state index contributed by atoms with van der Waals surface area (Å²) in [4.78, 5) is 0. The fourth-order valence-electron chi connectivity index (χ4n) is 2.70. The Kier molecular flexibility index (Phi) is 5.30. The maximum atomic E-state index is 6.13. The summed E-state index contributed by atoms with van der Waals surface area (Å²) in [6.45, 7) is 6.93. The third-order valence-electron chi connectivity index (χ3n) is 3.88. The normalized spacial score (nSPS) is 22.4. The number of ether oxygens (including phenoxy) is 2. The van der Waals surface area contributed by atoms with Gasteiger partial charge in [-0.25, -0.2) is 0 Å². The first-order chi connectivity index (χ1) is 9.54.